The number of nitrogens with one attached hydrogen (secondary N) is 1. The van der Waals surface area contributed by atoms with Crippen molar-refractivity contribution in [3.63, 3.8) is 0 Å². The van der Waals surface area contributed by atoms with Gasteiger partial charge in [0, 0.05) is 5.41 Å². The van der Waals surface area contributed by atoms with Gasteiger partial charge in [0.2, 0.25) is 11.0 Å². The van der Waals surface area contributed by atoms with E-state index in [1.54, 1.807) is 0 Å². The van der Waals surface area contributed by atoms with Gasteiger partial charge < -0.3 is 5.73 Å². The second kappa shape index (κ2) is 5.73. The molecule has 1 aromatic heterocycles. The summed E-state index contributed by atoms with van der Waals surface area (Å²) >= 11 is 1.42. The number of carbonyl (C=O) groups is 1. The number of hydrogen-bond donors (Lipinski definition) is 2. The molecule has 0 bridgehead atoms. The number of halogens is 1. The molecule has 0 aliphatic heterocycles. The van der Waals surface area contributed by atoms with E-state index < -0.39 is 5.54 Å². The highest BCUT2D eigenvalue weighted by Gasteiger charge is 2.37. The van der Waals surface area contributed by atoms with Crippen LogP contribution in [0.1, 0.15) is 51.5 Å². The molecular formula is C12H21ClN4OS. The summed E-state index contributed by atoms with van der Waals surface area (Å²) in [4.78, 5) is 12.1. The van der Waals surface area contributed by atoms with Crippen LogP contribution in [0, 0.1) is 0 Å². The SMILES string of the molecule is CC(C)(C)c1nnc(NC(=O)C2(N)CCCC2)s1.Cl. The van der Waals surface area contributed by atoms with Crippen LogP contribution >= 0.6 is 23.7 Å². The number of carbonyl (C=O) groups excluding carboxylic acids is 1. The number of hydrogen-bond acceptors (Lipinski definition) is 5. The highest BCUT2D eigenvalue weighted by atomic mass is 35.5. The van der Waals surface area contributed by atoms with E-state index >= 15 is 0 Å². The van der Waals surface area contributed by atoms with Gasteiger partial charge in [-0.3, -0.25) is 10.1 Å². The summed E-state index contributed by atoms with van der Waals surface area (Å²) in [6, 6.07) is 0. The summed E-state index contributed by atoms with van der Waals surface area (Å²) in [6.07, 6.45) is 3.55. The zero-order valence-corrected chi connectivity index (χ0v) is 13.2. The number of amides is 1. The van der Waals surface area contributed by atoms with E-state index in [4.69, 9.17) is 5.73 Å². The molecule has 5 nitrogen and oxygen atoms in total. The predicted octanol–water partition coefficient (Wildman–Crippen LogP) is 2.47. The summed E-state index contributed by atoms with van der Waals surface area (Å²) in [7, 11) is 0. The van der Waals surface area contributed by atoms with Crippen LogP contribution in [0.5, 0.6) is 0 Å². The molecule has 1 heterocycles. The fourth-order valence-corrected chi connectivity index (χ4v) is 2.83. The molecule has 1 amide bonds. The van der Waals surface area contributed by atoms with Gasteiger partial charge in [-0.25, -0.2) is 0 Å². The van der Waals surface area contributed by atoms with Crippen molar-refractivity contribution >= 4 is 34.8 Å². The molecule has 0 unspecified atom stereocenters. The Kier molecular flexibility index (Phi) is 4.92. The van der Waals surface area contributed by atoms with E-state index in [1.165, 1.54) is 11.3 Å². The lowest BCUT2D eigenvalue weighted by Gasteiger charge is -2.21. The Balaban J connectivity index is 0.00000180. The van der Waals surface area contributed by atoms with Crippen molar-refractivity contribution in [1.29, 1.82) is 0 Å². The topological polar surface area (TPSA) is 80.9 Å². The maximum atomic E-state index is 12.1. The molecule has 0 spiro atoms. The van der Waals surface area contributed by atoms with Crippen molar-refractivity contribution in [2.75, 3.05) is 5.32 Å². The number of nitrogens with zero attached hydrogens (tertiary/aromatic N) is 2. The monoisotopic (exact) mass is 304 g/mol. The number of rotatable bonds is 2. The van der Waals surface area contributed by atoms with Gasteiger partial charge in [-0.05, 0) is 12.8 Å². The Hall–Kier alpha value is -0.720. The predicted molar refractivity (Wildman–Crippen MR) is 79.9 cm³/mol. The Morgan fingerprint density at radius 3 is 2.37 bits per heavy atom. The van der Waals surface area contributed by atoms with Crippen LogP contribution in [-0.2, 0) is 10.2 Å². The molecule has 108 valence electrons. The zero-order valence-electron chi connectivity index (χ0n) is 11.5. The third kappa shape index (κ3) is 3.64. The van der Waals surface area contributed by atoms with Crippen molar-refractivity contribution in [1.82, 2.24) is 10.2 Å². The van der Waals surface area contributed by atoms with Crippen molar-refractivity contribution in [3.05, 3.63) is 5.01 Å². The highest BCUT2D eigenvalue weighted by molar-refractivity contribution is 7.15. The first-order chi connectivity index (χ1) is 8.31. The zero-order chi connectivity index (χ0) is 13.4. The van der Waals surface area contributed by atoms with E-state index in [0.717, 1.165) is 30.7 Å². The minimum absolute atomic E-state index is 0. The summed E-state index contributed by atoms with van der Waals surface area (Å²) in [5.41, 5.74) is 5.33. The molecule has 19 heavy (non-hydrogen) atoms. The lowest BCUT2D eigenvalue weighted by atomic mass is 9.98. The summed E-state index contributed by atoms with van der Waals surface area (Å²) in [5.74, 6) is -0.128. The molecule has 0 saturated heterocycles. The summed E-state index contributed by atoms with van der Waals surface area (Å²) < 4.78 is 0. The Bertz CT molecular complexity index is 449. The lowest BCUT2D eigenvalue weighted by molar-refractivity contribution is -0.121. The molecule has 2 rings (SSSR count). The molecule has 1 aromatic rings. The van der Waals surface area contributed by atoms with Gasteiger partial charge in [-0.15, -0.1) is 22.6 Å². The first-order valence-corrected chi connectivity index (χ1v) is 7.07. The van der Waals surface area contributed by atoms with Crippen molar-refractivity contribution in [2.24, 2.45) is 5.73 Å². The van der Waals surface area contributed by atoms with Gasteiger partial charge in [-0.1, -0.05) is 44.9 Å². The normalized spacial score (nSPS) is 17.9. The molecule has 0 aromatic carbocycles. The van der Waals surface area contributed by atoms with Gasteiger partial charge in [0.25, 0.3) is 0 Å². The van der Waals surface area contributed by atoms with Crippen LogP contribution in [0.4, 0.5) is 5.13 Å². The van der Waals surface area contributed by atoms with Gasteiger partial charge in [0.05, 0.1) is 5.54 Å². The molecule has 7 heteroatoms. The van der Waals surface area contributed by atoms with Crippen LogP contribution in [-0.4, -0.2) is 21.6 Å². The summed E-state index contributed by atoms with van der Waals surface area (Å²) in [5, 5.41) is 12.4. The third-order valence-corrected chi connectivity index (χ3v) is 4.50. The largest absolute Gasteiger partial charge is 0.317 e. The van der Waals surface area contributed by atoms with Crippen LogP contribution in [0.3, 0.4) is 0 Å². The smallest absolute Gasteiger partial charge is 0.246 e. The van der Waals surface area contributed by atoms with E-state index in [-0.39, 0.29) is 23.7 Å². The molecular weight excluding hydrogens is 284 g/mol. The molecule has 0 atom stereocenters. The van der Waals surface area contributed by atoms with E-state index in [9.17, 15) is 4.79 Å². The van der Waals surface area contributed by atoms with Gasteiger partial charge >= 0.3 is 0 Å². The molecule has 3 N–H and O–H groups in total. The van der Waals surface area contributed by atoms with Crippen LogP contribution in [0.15, 0.2) is 0 Å². The summed E-state index contributed by atoms with van der Waals surface area (Å²) in [6.45, 7) is 6.21. The van der Waals surface area contributed by atoms with Crippen LogP contribution in [0.2, 0.25) is 0 Å². The Morgan fingerprint density at radius 1 is 1.32 bits per heavy atom. The highest BCUT2D eigenvalue weighted by Crippen LogP contribution is 2.31. The van der Waals surface area contributed by atoms with Crippen molar-refractivity contribution < 1.29 is 4.79 Å². The number of anilines is 1. The maximum absolute atomic E-state index is 12.1. The van der Waals surface area contributed by atoms with E-state index in [1.807, 2.05) is 0 Å². The average Bonchev–Trinajstić information content (AvgIpc) is 2.86. The van der Waals surface area contributed by atoms with Gasteiger partial charge in [0.1, 0.15) is 5.01 Å². The molecule has 1 fully saturated rings. The van der Waals surface area contributed by atoms with Crippen LogP contribution < -0.4 is 11.1 Å². The lowest BCUT2D eigenvalue weighted by Crippen LogP contribution is -2.48. The second-order valence-electron chi connectivity index (χ2n) is 5.98. The standard InChI is InChI=1S/C12H20N4OS.ClH/c1-11(2,3)9-15-16-10(18-9)14-8(17)12(13)6-4-5-7-12;/h4-7,13H2,1-3H3,(H,14,16,17);1H. The van der Waals surface area contributed by atoms with E-state index in [2.05, 4.69) is 36.3 Å². The van der Waals surface area contributed by atoms with Crippen molar-refractivity contribution in [3.8, 4) is 0 Å². The minimum atomic E-state index is -0.715. The first kappa shape index (κ1) is 16.3. The molecule has 1 aliphatic carbocycles. The Morgan fingerprint density at radius 2 is 1.89 bits per heavy atom. The molecule has 0 radical (unpaired) electrons. The van der Waals surface area contributed by atoms with Crippen molar-refractivity contribution in [2.45, 2.75) is 57.4 Å². The van der Waals surface area contributed by atoms with E-state index in [0.29, 0.717) is 5.13 Å². The van der Waals surface area contributed by atoms with Gasteiger partial charge in [-0.2, -0.15) is 0 Å². The molecule has 1 aliphatic rings. The average molecular weight is 305 g/mol. The fraction of sp³-hybridized carbons (Fsp3) is 0.750. The second-order valence-corrected chi connectivity index (χ2v) is 6.96. The first-order valence-electron chi connectivity index (χ1n) is 6.26. The van der Waals surface area contributed by atoms with Crippen LogP contribution in [0.25, 0.3) is 0 Å². The molecule has 1 saturated carbocycles. The Labute approximate surface area is 123 Å². The quantitative estimate of drug-likeness (QED) is 0.879. The number of aromatic nitrogens is 2. The minimum Gasteiger partial charge on any atom is -0.317 e. The fourth-order valence-electron chi connectivity index (χ4n) is 2.03. The maximum Gasteiger partial charge on any atom is 0.246 e. The number of nitrogens with two attached hydrogens (primary N) is 1. The van der Waals surface area contributed by atoms with Gasteiger partial charge in [0.15, 0.2) is 0 Å². The third-order valence-electron chi connectivity index (χ3n) is 3.24.